The molecule has 1 fully saturated rings. The molecule has 1 aliphatic heterocycles. The maximum Gasteiger partial charge on any atom is 0.251 e. The van der Waals surface area contributed by atoms with Crippen LogP contribution in [0.3, 0.4) is 0 Å². The van der Waals surface area contributed by atoms with Gasteiger partial charge in [-0.3, -0.25) is 4.79 Å². The third kappa shape index (κ3) is 5.14. The van der Waals surface area contributed by atoms with Crippen molar-refractivity contribution in [1.82, 2.24) is 9.62 Å². The fourth-order valence-corrected chi connectivity index (χ4v) is 4.82. The van der Waals surface area contributed by atoms with Crippen molar-refractivity contribution >= 4 is 15.9 Å². The zero-order valence-electron chi connectivity index (χ0n) is 16.7. The number of nitrogens with one attached hydrogen (secondary N) is 1. The number of benzene rings is 2. The van der Waals surface area contributed by atoms with Crippen LogP contribution in [0.1, 0.15) is 21.5 Å². The average Bonchev–Trinajstić information content (AvgIpc) is 2.75. The van der Waals surface area contributed by atoms with E-state index in [1.165, 1.54) is 10.4 Å². The standard InChI is InChI=1S/C21H26N2O5S/c1-16-3-6-18(15-20(16)29(25,26)23-11-13-28-14-12-23)21(24)22-10-9-17-4-7-19(27-2)8-5-17/h3-8,15H,9-14H2,1-2H3,(H,22,24). The van der Waals surface area contributed by atoms with Gasteiger partial charge < -0.3 is 14.8 Å². The molecule has 2 aromatic rings. The van der Waals surface area contributed by atoms with Gasteiger partial charge in [0, 0.05) is 25.2 Å². The fraction of sp³-hybridized carbons (Fsp3) is 0.381. The molecule has 1 amide bonds. The second-order valence-corrected chi connectivity index (χ2v) is 8.76. The quantitative estimate of drug-likeness (QED) is 0.743. The molecule has 1 heterocycles. The molecule has 0 atom stereocenters. The highest BCUT2D eigenvalue weighted by Crippen LogP contribution is 2.22. The topological polar surface area (TPSA) is 84.9 Å². The molecule has 0 radical (unpaired) electrons. The number of carbonyl (C=O) groups excluding carboxylic acids is 1. The van der Waals surface area contributed by atoms with Crippen LogP contribution in [0.25, 0.3) is 0 Å². The number of carbonyl (C=O) groups is 1. The van der Waals surface area contributed by atoms with Crippen molar-refractivity contribution in [3.05, 3.63) is 59.2 Å². The van der Waals surface area contributed by atoms with Gasteiger partial charge in [-0.25, -0.2) is 8.42 Å². The van der Waals surface area contributed by atoms with E-state index in [0.29, 0.717) is 50.4 Å². The number of sulfonamides is 1. The third-order valence-corrected chi connectivity index (χ3v) is 6.94. The largest absolute Gasteiger partial charge is 0.497 e. The van der Waals surface area contributed by atoms with E-state index in [2.05, 4.69) is 5.32 Å². The molecule has 0 spiro atoms. The summed E-state index contributed by atoms with van der Waals surface area (Å²) in [6, 6.07) is 12.4. The molecule has 0 aliphatic carbocycles. The first-order valence-electron chi connectivity index (χ1n) is 9.51. The van der Waals surface area contributed by atoms with Crippen LogP contribution in [0, 0.1) is 6.92 Å². The van der Waals surface area contributed by atoms with Gasteiger partial charge in [0.2, 0.25) is 10.0 Å². The van der Waals surface area contributed by atoms with Gasteiger partial charge >= 0.3 is 0 Å². The summed E-state index contributed by atoms with van der Waals surface area (Å²) in [4.78, 5) is 12.7. The monoisotopic (exact) mass is 418 g/mol. The zero-order chi connectivity index (χ0) is 20.9. The van der Waals surface area contributed by atoms with Gasteiger partial charge in [-0.05, 0) is 48.7 Å². The predicted octanol–water partition coefficient (Wildman–Crippen LogP) is 2.00. The molecular formula is C21H26N2O5S. The van der Waals surface area contributed by atoms with Gasteiger partial charge in [0.15, 0.2) is 0 Å². The lowest BCUT2D eigenvalue weighted by Crippen LogP contribution is -2.41. The highest BCUT2D eigenvalue weighted by Gasteiger charge is 2.28. The molecule has 8 heteroatoms. The second kappa shape index (κ2) is 9.39. The Balaban J connectivity index is 1.67. The van der Waals surface area contributed by atoms with Crippen molar-refractivity contribution in [3.8, 4) is 5.75 Å². The van der Waals surface area contributed by atoms with E-state index in [0.717, 1.165) is 11.3 Å². The predicted molar refractivity (Wildman–Crippen MR) is 110 cm³/mol. The first-order valence-corrected chi connectivity index (χ1v) is 11.0. The van der Waals surface area contributed by atoms with Crippen molar-refractivity contribution in [2.24, 2.45) is 0 Å². The molecule has 0 unspecified atom stereocenters. The molecule has 0 saturated carbocycles. The van der Waals surface area contributed by atoms with Crippen LogP contribution >= 0.6 is 0 Å². The van der Waals surface area contributed by atoms with E-state index >= 15 is 0 Å². The molecule has 1 N–H and O–H groups in total. The highest BCUT2D eigenvalue weighted by atomic mass is 32.2. The molecule has 0 aromatic heterocycles. The summed E-state index contributed by atoms with van der Waals surface area (Å²) in [5.41, 5.74) is 2.02. The van der Waals surface area contributed by atoms with Gasteiger partial charge in [-0.1, -0.05) is 18.2 Å². The minimum atomic E-state index is -3.66. The lowest BCUT2D eigenvalue weighted by Gasteiger charge is -2.26. The summed E-state index contributed by atoms with van der Waals surface area (Å²) in [5.74, 6) is 0.489. The summed E-state index contributed by atoms with van der Waals surface area (Å²) in [6.45, 7) is 3.58. The van der Waals surface area contributed by atoms with Gasteiger partial charge in [0.1, 0.15) is 5.75 Å². The van der Waals surface area contributed by atoms with Crippen molar-refractivity contribution in [2.45, 2.75) is 18.2 Å². The summed E-state index contributed by atoms with van der Waals surface area (Å²) >= 11 is 0. The Morgan fingerprint density at radius 2 is 1.83 bits per heavy atom. The Hall–Kier alpha value is -2.42. The van der Waals surface area contributed by atoms with E-state index in [1.807, 2.05) is 24.3 Å². The summed E-state index contributed by atoms with van der Waals surface area (Å²) in [6.07, 6.45) is 0.667. The number of rotatable bonds is 7. The van der Waals surface area contributed by atoms with E-state index < -0.39 is 10.0 Å². The molecule has 156 valence electrons. The number of methoxy groups -OCH3 is 1. The van der Waals surface area contributed by atoms with Crippen molar-refractivity contribution in [3.63, 3.8) is 0 Å². The molecular weight excluding hydrogens is 392 g/mol. The molecule has 1 saturated heterocycles. The number of nitrogens with zero attached hydrogens (tertiary/aromatic N) is 1. The number of aryl methyl sites for hydroxylation is 1. The third-order valence-electron chi connectivity index (χ3n) is 4.90. The first kappa shape index (κ1) is 21.3. The molecule has 1 aliphatic rings. The van der Waals surface area contributed by atoms with Crippen LogP contribution in [0.5, 0.6) is 5.75 Å². The van der Waals surface area contributed by atoms with E-state index in [-0.39, 0.29) is 10.8 Å². The van der Waals surface area contributed by atoms with Gasteiger partial charge in [-0.2, -0.15) is 4.31 Å². The number of ether oxygens (including phenoxy) is 2. The molecule has 3 rings (SSSR count). The molecule has 7 nitrogen and oxygen atoms in total. The Kier molecular flexibility index (Phi) is 6.89. The van der Waals surface area contributed by atoms with Crippen LogP contribution in [-0.2, 0) is 21.2 Å². The smallest absolute Gasteiger partial charge is 0.251 e. The van der Waals surface area contributed by atoms with Crippen molar-refractivity contribution in [1.29, 1.82) is 0 Å². The average molecular weight is 419 g/mol. The SMILES string of the molecule is COc1ccc(CCNC(=O)c2ccc(C)c(S(=O)(=O)N3CCOCC3)c2)cc1. The lowest BCUT2D eigenvalue weighted by molar-refractivity contribution is 0.0730. The van der Waals surface area contributed by atoms with Crippen LogP contribution in [0.4, 0.5) is 0 Å². The number of hydrogen-bond acceptors (Lipinski definition) is 5. The van der Waals surface area contributed by atoms with Crippen molar-refractivity contribution < 1.29 is 22.7 Å². The number of morpholine rings is 1. The Morgan fingerprint density at radius 3 is 2.48 bits per heavy atom. The normalized spacial score (nSPS) is 15.1. The fourth-order valence-electron chi connectivity index (χ4n) is 3.16. The Labute approximate surface area is 171 Å². The lowest BCUT2D eigenvalue weighted by atomic mass is 10.1. The van der Waals surface area contributed by atoms with E-state index in [1.54, 1.807) is 26.2 Å². The summed E-state index contributed by atoms with van der Waals surface area (Å²) < 4.78 is 37.7. The van der Waals surface area contributed by atoms with Gasteiger partial charge in [0.05, 0.1) is 25.2 Å². The van der Waals surface area contributed by atoms with Gasteiger partial charge in [-0.15, -0.1) is 0 Å². The Morgan fingerprint density at radius 1 is 1.14 bits per heavy atom. The minimum Gasteiger partial charge on any atom is -0.497 e. The molecule has 2 aromatic carbocycles. The summed E-state index contributed by atoms with van der Waals surface area (Å²) in [5, 5.41) is 2.86. The van der Waals surface area contributed by atoms with Crippen LogP contribution in [-0.4, -0.2) is 58.6 Å². The van der Waals surface area contributed by atoms with Crippen LogP contribution in [0.15, 0.2) is 47.4 Å². The molecule has 29 heavy (non-hydrogen) atoms. The Bertz CT molecular complexity index is 952. The maximum atomic E-state index is 13.0. The first-order chi connectivity index (χ1) is 13.9. The second-order valence-electron chi connectivity index (χ2n) is 6.85. The van der Waals surface area contributed by atoms with E-state index in [9.17, 15) is 13.2 Å². The minimum absolute atomic E-state index is 0.169. The highest BCUT2D eigenvalue weighted by molar-refractivity contribution is 7.89. The van der Waals surface area contributed by atoms with Crippen LogP contribution in [0.2, 0.25) is 0 Å². The van der Waals surface area contributed by atoms with E-state index in [4.69, 9.17) is 9.47 Å². The number of amides is 1. The maximum absolute atomic E-state index is 13.0. The van der Waals surface area contributed by atoms with Crippen LogP contribution < -0.4 is 10.1 Å². The summed E-state index contributed by atoms with van der Waals surface area (Å²) in [7, 11) is -2.04. The van der Waals surface area contributed by atoms with Gasteiger partial charge in [0.25, 0.3) is 5.91 Å². The zero-order valence-corrected chi connectivity index (χ0v) is 17.5. The number of hydrogen-bond donors (Lipinski definition) is 1. The molecule has 0 bridgehead atoms. The van der Waals surface area contributed by atoms with Crippen molar-refractivity contribution in [2.75, 3.05) is 40.0 Å².